The summed E-state index contributed by atoms with van der Waals surface area (Å²) in [6.07, 6.45) is 1.87. The van der Waals surface area contributed by atoms with Gasteiger partial charge in [0.25, 0.3) is 0 Å². The summed E-state index contributed by atoms with van der Waals surface area (Å²) in [6, 6.07) is 10.5. The van der Waals surface area contributed by atoms with E-state index in [4.69, 9.17) is 0 Å². The summed E-state index contributed by atoms with van der Waals surface area (Å²) >= 11 is 0. The van der Waals surface area contributed by atoms with Crippen LogP contribution in [0.15, 0.2) is 30.3 Å². The first kappa shape index (κ1) is 16.0. The van der Waals surface area contributed by atoms with Gasteiger partial charge in [-0.2, -0.15) is 0 Å². The van der Waals surface area contributed by atoms with Gasteiger partial charge in [-0.25, -0.2) is 0 Å². The summed E-state index contributed by atoms with van der Waals surface area (Å²) in [6.45, 7) is 5.07. The average Bonchev–Trinajstić information content (AvgIpc) is 2.77. The number of nitrogens with zero attached hydrogens (tertiary/aromatic N) is 2. The van der Waals surface area contributed by atoms with Crippen LogP contribution in [0.4, 0.5) is 0 Å². The van der Waals surface area contributed by atoms with Gasteiger partial charge in [-0.15, -0.1) is 0 Å². The standard InChI is InChI=1S/C17H27N3O/c1-5-16-18-15(11-14-9-7-6-8-10-14)17(21)20(16)12-13(2)19(3)4/h6-10,13,15-16,18H,5,11-12H2,1-4H3. The third kappa shape index (κ3) is 3.83. The molecule has 0 aliphatic carbocycles. The molecule has 0 spiro atoms. The molecule has 3 unspecified atom stereocenters. The molecule has 1 aromatic carbocycles. The SMILES string of the molecule is CCC1NC(Cc2ccccc2)C(=O)N1CC(C)N(C)C. The molecule has 1 amide bonds. The second kappa shape index (κ2) is 7.05. The minimum absolute atomic E-state index is 0.0910. The Morgan fingerprint density at radius 3 is 2.52 bits per heavy atom. The van der Waals surface area contributed by atoms with Crippen molar-refractivity contribution in [3.8, 4) is 0 Å². The van der Waals surface area contributed by atoms with Crippen LogP contribution < -0.4 is 5.32 Å². The Balaban J connectivity index is 2.04. The molecule has 2 rings (SSSR count). The molecule has 4 nitrogen and oxygen atoms in total. The molecule has 0 bridgehead atoms. The summed E-state index contributed by atoms with van der Waals surface area (Å²) in [5, 5.41) is 3.49. The molecule has 1 aliphatic rings. The number of rotatable bonds is 6. The first-order valence-corrected chi connectivity index (χ1v) is 7.79. The van der Waals surface area contributed by atoms with Gasteiger partial charge >= 0.3 is 0 Å². The van der Waals surface area contributed by atoms with Crippen molar-refractivity contribution < 1.29 is 4.79 Å². The fourth-order valence-electron chi connectivity index (χ4n) is 2.75. The summed E-state index contributed by atoms with van der Waals surface area (Å²) in [7, 11) is 4.11. The Hall–Kier alpha value is -1.39. The average molecular weight is 289 g/mol. The zero-order valence-electron chi connectivity index (χ0n) is 13.5. The normalized spacial score (nSPS) is 23.9. The molecule has 116 valence electrons. The summed E-state index contributed by atoms with van der Waals surface area (Å²) in [5.41, 5.74) is 1.21. The summed E-state index contributed by atoms with van der Waals surface area (Å²) in [5.74, 6) is 0.236. The third-order valence-corrected chi connectivity index (χ3v) is 4.36. The number of benzene rings is 1. The van der Waals surface area contributed by atoms with Gasteiger partial charge in [0, 0.05) is 12.6 Å². The first-order chi connectivity index (χ1) is 10.0. The fraction of sp³-hybridized carbons (Fsp3) is 0.588. The van der Waals surface area contributed by atoms with Gasteiger partial charge in [-0.05, 0) is 39.4 Å². The summed E-state index contributed by atoms with van der Waals surface area (Å²) in [4.78, 5) is 16.9. The quantitative estimate of drug-likeness (QED) is 0.866. The van der Waals surface area contributed by atoms with Gasteiger partial charge < -0.3 is 9.80 Å². The summed E-state index contributed by atoms with van der Waals surface area (Å²) < 4.78 is 0. The minimum atomic E-state index is -0.0910. The van der Waals surface area contributed by atoms with E-state index in [0.717, 1.165) is 19.4 Å². The topological polar surface area (TPSA) is 35.6 Å². The number of hydrogen-bond donors (Lipinski definition) is 1. The van der Waals surface area contributed by atoms with Crippen LogP contribution in [0.25, 0.3) is 0 Å². The van der Waals surface area contributed by atoms with Crippen LogP contribution in [0, 0.1) is 0 Å². The van der Waals surface area contributed by atoms with E-state index in [1.807, 2.05) is 23.1 Å². The maximum Gasteiger partial charge on any atom is 0.241 e. The van der Waals surface area contributed by atoms with E-state index in [0.29, 0.717) is 6.04 Å². The van der Waals surface area contributed by atoms with E-state index in [9.17, 15) is 4.79 Å². The number of hydrogen-bond acceptors (Lipinski definition) is 3. The predicted molar refractivity (Wildman–Crippen MR) is 86.0 cm³/mol. The van der Waals surface area contributed by atoms with Crippen LogP contribution in [-0.4, -0.2) is 54.6 Å². The molecular weight excluding hydrogens is 262 g/mol. The maximum absolute atomic E-state index is 12.7. The van der Waals surface area contributed by atoms with Crippen molar-refractivity contribution in [1.29, 1.82) is 0 Å². The van der Waals surface area contributed by atoms with E-state index >= 15 is 0 Å². The number of carbonyl (C=O) groups excluding carboxylic acids is 1. The number of nitrogens with one attached hydrogen (secondary N) is 1. The molecule has 1 aromatic rings. The van der Waals surface area contributed by atoms with E-state index in [-0.39, 0.29) is 18.1 Å². The molecule has 1 fully saturated rings. The molecular formula is C17H27N3O. The van der Waals surface area contributed by atoms with Crippen LogP contribution in [0.2, 0.25) is 0 Å². The van der Waals surface area contributed by atoms with E-state index < -0.39 is 0 Å². The van der Waals surface area contributed by atoms with Crippen LogP contribution in [0.1, 0.15) is 25.8 Å². The van der Waals surface area contributed by atoms with Gasteiger partial charge in [0.05, 0.1) is 12.2 Å². The van der Waals surface area contributed by atoms with Crippen LogP contribution in [0.3, 0.4) is 0 Å². The van der Waals surface area contributed by atoms with Crippen molar-refractivity contribution in [2.75, 3.05) is 20.6 Å². The molecule has 1 heterocycles. The van der Waals surface area contributed by atoms with Gasteiger partial charge in [-0.3, -0.25) is 10.1 Å². The largest absolute Gasteiger partial charge is 0.324 e. The molecule has 21 heavy (non-hydrogen) atoms. The second-order valence-electron chi connectivity index (χ2n) is 6.14. The smallest absolute Gasteiger partial charge is 0.241 e. The van der Waals surface area contributed by atoms with Gasteiger partial charge in [0.2, 0.25) is 5.91 Å². The molecule has 1 aliphatic heterocycles. The molecule has 3 atom stereocenters. The highest BCUT2D eigenvalue weighted by Gasteiger charge is 2.38. The second-order valence-corrected chi connectivity index (χ2v) is 6.14. The molecule has 0 aromatic heterocycles. The van der Waals surface area contributed by atoms with E-state index in [1.54, 1.807) is 0 Å². The van der Waals surface area contributed by atoms with E-state index in [2.05, 4.69) is 50.3 Å². The molecule has 1 N–H and O–H groups in total. The predicted octanol–water partition coefficient (Wildman–Crippen LogP) is 1.72. The Morgan fingerprint density at radius 1 is 1.29 bits per heavy atom. The highest BCUT2D eigenvalue weighted by atomic mass is 16.2. The molecule has 0 saturated carbocycles. The number of carbonyl (C=O) groups is 1. The van der Waals surface area contributed by atoms with Crippen LogP contribution in [0.5, 0.6) is 0 Å². The maximum atomic E-state index is 12.7. The molecule has 0 radical (unpaired) electrons. The number of likely N-dealkylation sites (N-methyl/N-ethyl adjacent to an activating group) is 1. The van der Waals surface area contributed by atoms with Gasteiger partial charge in [0.15, 0.2) is 0 Å². The van der Waals surface area contributed by atoms with Gasteiger partial charge in [-0.1, -0.05) is 37.3 Å². The Morgan fingerprint density at radius 2 is 1.95 bits per heavy atom. The van der Waals surface area contributed by atoms with Crippen molar-refractivity contribution >= 4 is 5.91 Å². The van der Waals surface area contributed by atoms with Crippen molar-refractivity contribution in [3.63, 3.8) is 0 Å². The Kier molecular flexibility index (Phi) is 5.37. The highest BCUT2D eigenvalue weighted by molar-refractivity contribution is 5.84. The van der Waals surface area contributed by atoms with Crippen molar-refractivity contribution in [3.05, 3.63) is 35.9 Å². The number of amides is 1. The van der Waals surface area contributed by atoms with Crippen molar-refractivity contribution in [1.82, 2.24) is 15.1 Å². The van der Waals surface area contributed by atoms with Gasteiger partial charge in [0.1, 0.15) is 0 Å². The fourth-order valence-corrected chi connectivity index (χ4v) is 2.75. The van der Waals surface area contributed by atoms with Crippen molar-refractivity contribution in [2.45, 2.75) is 44.9 Å². The van der Waals surface area contributed by atoms with Crippen LogP contribution >= 0.6 is 0 Å². The minimum Gasteiger partial charge on any atom is -0.324 e. The Bertz CT molecular complexity index is 460. The van der Waals surface area contributed by atoms with Crippen molar-refractivity contribution in [2.24, 2.45) is 0 Å². The lowest BCUT2D eigenvalue weighted by Crippen LogP contribution is -2.44. The molecule has 1 saturated heterocycles. The zero-order valence-corrected chi connectivity index (χ0v) is 13.5. The zero-order chi connectivity index (χ0) is 15.4. The third-order valence-electron chi connectivity index (χ3n) is 4.36. The molecule has 4 heteroatoms. The van der Waals surface area contributed by atoms with Crippen LogP contribution in [-0.2, 0) is 11.2 Å². The lowest BCUT2D eigenvalue weighted by atomic mass is 10.1. The lowest BCUT2D eigenvalue weighted by Gasteiger charge is -2.29. The highest BCUT2D eigenvalue weighted by Crippen LogP contribution is 2.18. The van der Waals surface area contributed by atoms with E-state index in [1.165, 1.54) is 5.56 Å². The monoisotopic (exact) mass is 289 g/mol. The first-order valence-electron chi connectivity index (χ1n) is 7.79. The Labute approximate surface area is 128 Å². The lowest BCUT2D eigenvalue weighted by molar-refractivity contribution is -0.130.